The van der Waals surface area contributed by atoms with Gasteiger partial charge in [0.05, 0.1) is 17.5 Å². The largest absolute Gasteiger partial charge is 0.329 e. The average molecular weight is 500 g/mol. The normalized spacial score (nSPS) is 10.5. The molecule has 0 aromatic heterocycles. The van der Waals surface area contributed by atoms with Crippen LogP contribution in [0.2, 0.25) is 5.02 Å². The van der Waals surface area contributed by atoms with Gasteiger partial charge >= 0.3 is 11.8 Å². The topological polar surface area (TPSA) is 99.7 Å². The Morgan fingerprint density at radius 3 is 2.23 bits per heavy atom. The Balaban J connectivity index is 1.63. The van der Waals surface area contributed by atoms with E-state index in [0.717, 1.165) is 4.47 Å². The summed E-state index contributed by atoms with van der Waals surface area (Å²) >= 11 is 9.13. The Labute approximate surface area is 191 Å². The fraction of sp³-hybridized carbons (Fsp3) is 0. The molecule has 0 radical (unpaired) electrons. The molecular weight excluding hydrogens is 484 g/mol. The first-order valence-corrected chi connectivity index (χ1v) is 10.2. The summed E-state index contributed by atoms with van der Waals surface area (Å²) in [4.78, 5) is 36.9. The molecule has 0 aliphatic rings. The SMILES string of the molecule is O=C(N/N=C\c1ccc(Cl)cc1)C(=O)Nc1ccccc1C(=O)Nc1ccc(Br)cc1. The van der Waals surface area contributed by atoms with E-state index in [1.54, 1.807) is 66.7 Å². The van der Waals surface area contributed by atoms with Crippen molar-refractivity contribution in [1.82, 2.24) is 5.43 Å². The van der Waals surface area contributed by atoms with Gasteiger partial charge in [-0.3, -0.25) is 14.4 Å². The number of nitrogens with zero attached hydrogens (tertiary/aromatic N) is 1. The van der Waals surface area contributed by atoms with Gasteiger partial charge in [0, 0.05) is 15.2 Å². The minimum atomic E-state index is -0.978. The molecule has 0 saturated carbocycles. The molecule has 3 rings (SSSR count). The number of benzene rings is 3. The monoisotopic (exact) mass is 498 g/mol. The van der Waals surface area contributed by atoms with E-state index in [2.05, 4.69) is 37.1 Å². The number of amides is 3. The molecule has 9 heteroatoms. The van der Waals surface area contributed by atoms with Crippen LogP contribution in [0.5, 0.6) is 0 Å². The first-order valence-electron chi connectivity index (χ1n) is 8.98. The van der Waals surface area contributed by atoms with Crippen LogP contribution in [0.25, 0.3) is 0 Å². The molecule has 0 bridgehead atoms. The number of anilines is 2. The summed E-state index contributed by atoms with van der Waals surface area (Å²) in [5.74, 6) is -2.37. The zero-order chi connectivity index (χ0) is 22.2. The van der Waals surface area contributed by atoms with Gasteiger partial charge in [-0.15, -0.1) is 0 Å². The summed E-state index contributed by atoms with van der Waals surface area (Å²) in [7, 11) is 0. The van der Waals surface area contributed by atoms with Crippen LogP contribution < -0.4 is 16.1 Å². The summed E-state index contributed by atoms with van der Waals surface area (Å²) in [5, 5.41) is 9.49. The number of hydrogen-bond donors (Lipinski definition) is 3. The van der Waals surface area contributed by atoms with Crippen molar-refractivity contribution < 1.29 is 14.4 Å². The summed E-state index contributed by atoms with van der Waals surface area (Å²) in [6, 6.07) is 20.2. The van der Waals surface area contributed by atoms with Crippen molar-refractivity contribution in [1.29, 1.82) is 0 Å². The van der Waals surface area contributed by atoms with E-state index >= 15 is 0 Å². The van der Waals surface area contributed by atoms with Crippen LogP contribution >= 0.6 is 27.5 Å². The summed E-state index contributed by atoms with van der Waals surface area (Å²) in [6.07, 6.45) is 1.38. The van der Waals surface area contributed by atoms with Gasteiger partial charge in [0.2, 0.25) is 0 Å². The lowest BCUT2D eigenvalue weighted by atomic mass is 10.1. The molecule has 7 nitrogen and oxygen atoms in total. The van der Waals surface area contributed by atoms with E-state index < -0.39 is 17.7 Å². The van der Waals surface area contributed by atoms with E-state index in [1.807, 2.05) is 0 Å². The average Bonchev–Trinajstić information content (AvgIpc) is 2.77. The van der Waals surface area contributed by atoms with Gasteiger partial charge < -0.3 is 10.6 Å². The molecule has 0 spiro atoms. The van der Waals surface area contributed by atoms with Crippen LogP contribution in [0.15, 0.2) is 82.4 Å². The van der Waals surface area contributed by atoms with Crippen molar-refractivity contribution in [2.75, 3.05) is 10.6 Å². The third kappa shape index (κ3) is 6.50. The number of nitrogens with one attached hydrogen (secondary N) is 3. The van der Waals surface area contributed by atoms with Crippen LogP contribution in [-0.2, 0) is 9.59 Å². The highest BCUT2D eigenvalue weighted by molar-refractivity contribution is 9.10. The minimum absolute atomic E-state index is 0.193. The number of halogens is 2. The van der Waals surface area contributed by atoms with Gasteiger partial charge in [0.15, 0.2) is 0 Å². The molecule has 0 atom stereocenters. The van der Waals surface area contributed by atoms with Gasteiger partial charge in [0.25, 0.3) is 5.91 Å². The number of carbonyl (C=O) groups excluding carboxylic acids is 3. The Kier molecular flexibility index (Phi) is 7.53. The van der Waals surface area contributed by atoms with Gasteiger partial charge in [-0.2, -0.15) is 5.10 Å². The highest BCUT2D eigenvalue weighted by Gasteiger charge is 2.17. The molecule has 0 fully saturated rings. The number of para-hydroxylation sites is 1. The Morgan fingerprint density at radius 1 is 0.839 bits per heavy atom. The van der Waals surface area contributed by atoms with Crippen molar-refractivity contribution in [2.45, 2.75) is 0 Å². The van der Waals surface area contributed by atoms with Crippen LogP contribution in [0.1, 0.15) is 15.9 Å². The standard InChI is InChI=1S/C22H16BrClN4O3/c23-15-7-11-17(12-8-15)26-20(29)18-3-1-2-4-19(18)27-21(30)22(31)28-25-13-14-5-9-16(24)10-6-14/h1-13H,(H,26,29)(H,27,30)(H,28,31)/b25-13-. The molecule has 3 amide bonds. The molecule has 156 valence electrons. The van der Waals surface area contributed by atoms with Crippen LogP contribution in [0.4, 0.5) is 11.4 Å². The van der Waals surface area contributed by atoms with E-state index in [4.69, 9.17) is 11.6 Å². The molecule has 0 aliphatic heterocycles. The van der Waals surface area contributed by atoms with Crippen LogP contribution in [-0.4, -0.2) is 23.9 Å². The maximum absolute atomic E-state index is 12.6. The quantitative estimate of drug-likeness (QED) is 0.275. The maximum atomic E-state index is 12.6. The predicted octanol–water partition coefficient (Wildman–Crippen LogP) is 4.44. The number of carbonyl (C=O) groups is 3. The highest BCUT2D eigenvalue weighted by Crippen LogP contribution is 2.19. The number of hydrazone groups is 1. The van der Waals surface area contributed by atoms with Crippen molar-refractivity contribution in [3.63, 3.8) is 0 Å². The molecule has 3 aromatic carbocycles. The molecule has 0 heterocycles. The van der Waals surface area contributed by atoms with Crippen LogP contribution in [0, 0.1) is 0 Å². The Morgan fingerprint density at radius 2 is 1.52 bits per heavy atom. The third-order valence-electron chi connectivity index (χ3n) is 3.98. The lowest BCUT2D eigenvalue weighted by Crippen LogP contribution is -2.33. The second kappa shape index (κ2) is 10.5. The Bertz CT molecular complexity index is 1130. The highest BCUT2D eigenvalue weighted by atomic mass is 79.9. The van der Waals surface area contributed by atoms with Crippen molar-refractivity contribution in [2.24, 2.45) is 5.10 Å². The zero-order valence-corrected chi connectivity index (χ0v) is 18.3. The first kappa shape index (κ1) is 22.2. The van der Waals surface area contributed by atoms with Crippen molar-refractivity contribution in [3.05, 3.63) is 93.4 Å². The molecule has 0 aliphatic carbocycles. The molecule has 3 aromatic rings. The third-order valence-corrected chi connectivity index (χ3v) is 4.76. The molecule has 3 N–H and O–H groups in total. The van der Waals surface area contributed by atoms with E-state index in [9.17, 15) is 14.4 Å². The summed E-state index contributed by atoms with van der Waals surface area (Å²) in [6.45, 7) is 0. The maximum Gasteiger partial charge on any atom is 0.329 e. The molecule has 0 unspecified atom stereocenters. The number of rotatable bonds is 5. The second-order valence-corrected chi connectivity index (χ2v) is 7.56. The van der Waals surface area contributed by atoms with E-state index in [0.29, 0.717) is 16.3 Å². The van der Waals surface area contributed by atoms with Gasteiger partial charge in [0.1, 0.15) is 0 Å². The van der Waals surface area contributed by atoms with Gasteiger partial charge in [-0.25, -0.2) is 5.43 Å². The Hall–Kier alpha value is -3.49. The minimum Gasteiger partial charge on any atom is -0.322 e. The molecular formula is C22H16BrClN4O3. The fourth-order valence-electron chi connectivity index (χ4n) is 2.47. The summed E-state index contributed by atoms with van der Waals surface area (Å²) in [5.41, 5.74) is 3.82. The van der Waals surface area contributed by atoms with Gasteiger partial charge in [-0.1, -0.05) is 51.8 Å². The second-order valence-electron chi connectivity index (χ2n) is 6.21. The van der Waals surface area contributed by atoms with E-state index in [-0.39, 0.29) is 11.3 Å². The van der Waals surface area contributed by atoms with Gasteiger partial charge in [-0.05, 0) is 54.1 Å². The lowest BCUT2D eigenvalue weighted by Gasteiger charge is -2.11. The molecule has 31 heavy (non-hydrogen) atoms. The predicted molar refractivity (Wildman–Crippen MR) is 124 cm³/mol. The zero-order valence-electron chi connectivity index (χ0n) is 15.9. The number of hydrogen-bond acceptors (Lipinski definition) is 4. The first-order chi connectivity index (χ1) is 14.9. The van der Waals surface area contributed by atoms with E-state index in [1.165, 1.54) is 12.3 Å². The fourth-order valence-corrected chi connectivity index (χ4v) is 2.86. The lowest BCUT2D eigenvalue weighted by molar-refractivity contribution is -0.136. The van der Waals surface area contributed by atoms with Crippen molar-refractivity contribution in [3.8, 4) is 0 Å². The van der Waals surface area contributed by atoms with Crippen molar-refractivity contribution >= 4 is 62.8 Å². The summed E-state index contributed by atoms with van der Waals surface area (Å²) < 4.78 is 0.878. The smallest absolute Gasteiger partial charge is 0.322 e. The van der Waals surface area contributed by atoms with Crippen LogP contribution in [0.3, 0.4) is 0 Å². The molecule has 0 saturated heterocycles.